The molecule has 102 valence electrons. The summed E-state index contributed by atoms with van der Waals surface area (Å²) in [6.45, 7) is 9.40. The molecule has 0 aliphatic carbocycles. The van der Waals surface area contributed by atoms with Gasteiger partial charge in [0, 0.05) is 25.0 Å². The molecule has 0 aliphatic heterocycles. The predicted octanol–water partition coefficient (Wildman–Crippen LogP) is 2.89. The summed E-state index contributed by atoms with van der Waals surface area (Å²) in [6, 6.07) is 4.66. The highest BCUT2D eigenvalue weighted by atomic mass is 15.3. The third kappa shape index (κ3) is 3.64. The zero-order chi connectivity index (χ0) is 13.8. The van der Waals surface area contributed by atoms with E-state index >= 15 is 0 Å². The van der Waals surface area contributed by atoms with E-state index in [-0.39, 0.29) is 0 Å². The van der Waals surface area contributed by atoms with Crippen LogP contribution in [0, 0.1) is 0 Å². The van der Waals surface area contributed by atoms with E-state index in [0.717, 1.165) is 17.9 Å². The number of rotatable bonds is 5. The third-order valence-corrected chi connectivity index (χ3v) is 2.96. The van der Waals surface area contributed by atoms with Gasteiger partial charge in [-0.05, 0) is 23.6 Å². The smallest absolute Gasteiger partial charge is 0.0832 e. The van der Waals surface area contributed by atoms with Crippen molar-refractivity contribution in [3.05, 3.63) is 42.0 Å². The van der Waals surface area contributed by atoms with E-state index in [9.17, 15) is 0 Å². The van der Waals surface area contributed by atoms with Gasteiger partial charge >= 0.3 is 0 Å². The van der Waals surface area contributed by atoms with Gasteiger partial charge in [0.2, 0.25) is 0 Å². The molecule has 0 saturated heterocycles. The highest BCUT2D eigenvalue weighted by Gasteiger charge is 2.05. The standard InChI is InChI=1S/C15H22N4/c1-11(2)15-5-6-19(18-15)14-7-13(8-16-10-14)9-17-12(3)4/h5-8,10-12,17H,9H2,1-4H3. The highest BCUT2D eigenvalue weighted by Crippen LogP contribution is 2.14. The van der Waals surface area contributed by atoms with Crippen LogP contribution in [0.5, 0.6) is 0 Å². The van der Waals surface area contributed by atoms with E-state index in [2.05, 4.69) is 55.2 Å². The summed E-state index contributed by atoms with van der Waals surface area (Å²) in [6.07, 6.45) is 5.73. The quantitative estimate of drug-likeness (QED) is 0.896. The fourth-order valence-corrected chi connectivity index (χ4v) is 1.81. The second-order valence-electron chi connectivity index (χ2n) is 5.43. The monoisotopic (exact) mass is 258 g/mol. The lowest BCUT2D eigenvalue weighted by atomic mass is 10.1. The molecule has 2 rings (SSSR count). The van der Waals surface area contributed by atoms with Crippen molar-refractivity contribution in [2.24, 2.45) is 0 Å². The van der Waals surface area contributed by atoms with E-state index in [1.807, 2.05) is 23.3 Å². The van der Waals surface area contributed by atoms with Crippen molar-refractivity contribution in [1.82, 2.24) is 20.1 Å². The molecule has 0 aromatic carbocycles. The summed E-state index contributed by atoms with van der Waals surface area (Å²) in [5.41, 5.74) is 3.29. The molecule has 2 heterocycles. The van der Waals surface area contributed by atoms with Crippen molar-refractivity contribution >= 4 is 0 Å². The van der Waals surface area contributed by atoms with Gasteiger partial charge in [-0.25, -0.2) is 4.68 Å². The van der Waals surface area contributed by atoms with Gasteiger partial charge < -0.3 is 5.32 Å². The molecule has 0 unspecified atom stereocenters. The minimum atomic E-state index is 0.444. The molecule has 0 amide bonds. The molecule has 0 fully saturated rings. The summed E-state index contributed by atoms with van der Waals surface area (Å²) in [5.74, 6) is 0.444. The molecule has 4 heteroatoms. The molecule has 19 heavy (non-hydrogen) atoms. The van der Waals surface area contributed by atoms with Crippen LogP contribution in [-0.4, -0.2) is 20.8 Å². The molecular formula is C15H22N4. The van der Waals surface area contributed by atoms with E-state index in [1.54, 1.807) is 0 Å². The molecule has 0 atom stereocenters. The topological polar surface area (TPSA) is 42.7 Å². The lowest BCUT2D eigenvalue weighted by molar-refractivity contribution is 0.587. The Balaban J connectivity index is 2.17. The second kappa shape index (κ2) is 5.97. The normalized spacial score (nSPS) is 11.5. The summed E-state index contributed by atoms with van der Waals surface area (Å²) in [4.78, 5) is 4.29. The molecule has 0 spiro atoms. The number of pyridine rings is 1. The van der Waals surface area contributed by atoms with E-state index in [1.165, 1.54) is 5.56 Å². The minimum absolute atomic E-state index is 0.444. The first-order chi connectivity index (χ1) is 9.06. The summed E-state index contributed by atoms with van der Waals surface area (Å²) in [5, 5.41) is 7.97. The number of hydrogen-bond acceptors (Lipinski definition) is 3. The third-order valence-electron chi connectivity index (χ3n) is 2.96. The maximum Gasteiger partial charge on any atom is 0.0832 e. The molecule has 0 bridgehead atoms. The van der Waals surface area contributed by atoms with Crippen molar-refractivity contribution in [3.8, 4) is 5.69 Å². The molecule has 0 radical (unpaired) electrons. The SMILES string of the molecule is CC(C)NCc1cncc(-n2ccc(C(C)C)n2)c1. The predicted molar refractivity (Wildman–Crippen MR) is 77.4 cm³/mol. The van der Waals surface area contributed by atoms with Crippen LogP contribution in [0.15, 0.2) is 30.7 Å². The average Bonchev–Trinajstić information content (AvgIpc) is 2.86. The van der Waals surface area contributed by atoms with Crippen LogP contribution in [0.2, 0.25) is 0 Å². The van der Waals surface area contributed by atoms with Gasteiger partial charge in [-0.1, -0.05) is 27.7 Å². The molecule has 2 aromatic heterocycles. The van der Waals surface area contributed by atoms with E-state index in [0.29, 0.717) is 12.0 Å². The lowest BCUT2D eigenvalue weighted by Gasteiger charge is -2.09. The van der Waals surface area contributed by atoms with Crippen molar-refractivity contribution in [3.63, 3.8) is 0 Å². The van der Waals surface area contributed by atoms with Crippen LogP contribution in [0.1, 0.15) is 44.9 Å². The van der Waals surface area contributed by atoms with Crippen molar-refractivity contribution in [2.75, 3.05) is 0 Å². The van der Waals surface area contributed by atoms with Gasteiger partial charge in [-0.3, -0.25) is 4.98 Å². The average molecular weight is 258 g/mol. The van der Waals surface area contributed by atoms with Crippen LogP contribution < -0.4 is 5.32 Å². The van der Waals surface area contributed by atoms with Crippen LogP contribution in [0.4, 0.5) is 0 Å². The number of aromatic nitrogens is 3. The Labute approximate surface area is 114 Å². The van der Waals surface area contributed by atoms with Crippen LogP contribution >= 0.6 is 0 Å². The number of hydrogen-bond donors (Lipinski definition) is 1. The van der Waals surface area contributed by atoms with Crippen molar-refractivity contribution < 1.29 is 0 Å². The van der Waals surface area contributed by atoms with Crippen molar-refractivity contribution in [2.45, 2.75) is 46.2 Å². The Kier molecular flexibility index (Phi) is 4.32. The van der Waals surface area contributed by atoms with E-state index < -0.39 is 0 Å². The highest BCUT2D eigenvalue weighted by molar-refractivity contribution is 5.31. The zero-order valence-electron chi connectivity index (χ0n) is 12.1. The number of nitrogens with zero attached hydrogens (tertiary/aromatic N) is 3. The summed E-state index contributed by atoms with van der Waals surface area (Å²) in [7, 11) is 0. The van der Waals surface area contributed by atoms with Crippen LogP contribution in [0.3, 0.4) is 0 Å². The lowest BCUT2D eigenvalue weighted by Crippen LogP contribution is -2.22. The molecule has 2 aromatic rings. The largest absolute Gasteiger partial charge is 0.310 e. The first kappa shape index (κ1) is 13.7. The first-order valence-electron chi connectivity index (χ1n) is 6.79. The Hall–Kier alpha value is -1.68. The van der Waals surface area contributed by atoms with Gasteiger partial charge in [-0.2, -0.15) is 5.10 Å². The molecule has 0 aliphatic rings. The number of nitrogens with one attached hydrogen (secondary N) is 1. The Bertz CT molecular complexity index is 528. The Morgan fingerprint density at radius 3 is 2.63 bits per heavy atom. The summed E-state index contributed by atoms with van der Waals surface area (Å²) < 4.78 is 1.89. The van der Waals surface area contributed by atoms with Gasteiger partial charge in [0.05, 0.1) is 17.6 Å². The van der Waals surface area contributed by atoms with Crippen molar-refractivity contribution in [1.29, 1.82) is 0 Å². The first-order valence-corrected chi connectivity index (χ1v) is 6.79. The van der Waals surface area contributed by atoms with Gasteiger partial charge in [0.1, 0.15) is 0 Å². The molecular weight excluding hydrogens is 236 g/mol. The van der Waals surface area contributed by atoms with Crippen LogP contribution in [-0.2, 0) is 6.54 Å². The van der Waals surface area contributed by atoms with E-state index in [4.69, 9.17) is 0 Å². The van der Waals surface area contributed by atoms with Gasteiger partial charge in [-0.15, -0.1) is 0 Å². The second-order valence-corrected chi connectivity index (χ2v) is 5.43. The zero-order valence-corrected chi connectivity index (χ0v) is 12.1. The van der Waals surface area contributed by atoms with Gasteiger partial charge in [0.25, 0.3) is 0 Å². The molecule has 1 N–H and O–H groups in total. The fraction of sp³-hybridized carbons (Fsp3) is 0.467. The van der Waals surface area contributed by atoms with Crippen LogP contribution in [0.25, 0.3) is 5.69 Å². The Morgan fingerprint density at radius 2 is 2.00 bits per heavy atom. The molecule has 4 nitrogen and oxygen atoms in total. The maximum atomic E-state index is 4.57. The summed E-state index contributed by atoms with van der Waals surface area (Å²) >= 11 is 0. The fourth-order valence-electron chi connectivity index (χ4n) is 1.81. The maximum absolute atomic E-state index is 4.57. The Morgan fingerprint density at radius 1 is 1.21 bits per heavy atom. The van der Waals surface area contributed by atoms with Gasteiger partial charge in [0.15, 0.2) is 0 Å². The molecule has 0 saturated carbocycles. The minimum Gasteiger partial charge on any atom is -0.310 e.